The molecule has 0 aromatic heterocycles. The van der Waals surface area contributed by atoms with Gasteiger partial charge in [0.25, 0.3) is 5.91 Å². The van der Waals surface area contributed by atoms with Crippen molar-refractivity contribution >= 4 is 17.7 Å². The molecule has 3 N–H and O–H groups in total. The lowest BCUT2D eigenvalue weighted by atomic mass is 10.1. The molecule has 0 aliphatic carbocycles. The Morgan fingerprint density at radius 2 is 2.35 bits per heavy atom. The van der Waals surface area contributed by atoms with Gasteiger partial charge in [-0.05, 0) is 49.3 Å². The monoisotopic (exact) mass is 288 g/mol. The molecule has 1 atom stereocenters. The van der Waals surface area contributed by atoms with Crippen molar-refractivity contribution in [3.8, 4) is 11.8 Å². The lowest BCUT2D eigenvalue weighted by molar-refractivity contribution is 0.0938. The highest BCUT2D eigenvalue weighted by atomic mass is 32.2. The van der Waals surface area contributed by atoms with Gasteiger partial charge in [0, 0.05) is 22.9 Å². The maximum Gasteiger partial charge on any atom is 0.251 e. The van der Waals surface area contributed by atoms with E-state index >= 15 is 0 Å². The first-order chi connectivity index (χ1) is 9.69. The van der Waals surface area contributed by atoms with Crippen LogP contribution in [-0.4, -0.2) is 30.0 Å². The van der Waals surface area contributed by atoms with Crippen LogP contribution in [0.1, 0.15) is 34.3 Å². The van der Waals surface area contributed by atoms with E-state index in [9.17, 15) is 4.79 Å². The highest BCUT2D eigenvalue weighted by Crippen LogP contribution is 2.17. The summed E-state index contributed by atoms with van der Waals surface area (Å²) in [5, 5.41) is 3.11. The summed E-state index contributed by atoms with van der Waals surface area (Å²) in [5.74, 6) is 8.02. The second-order valence-corrected chi connectivity index (χ2v) is 6.13. The van der Waals surface area contributed by atoms with E-state index in [0.29, 0.717) is 18.2 Å². The van der Waals surface area contributed by atoms with E-state index in [0.717, 1.165) is 23.3 Å². The molecule has 1 heterocycles. The molecule has 1 aromatic rings. The molecule has 1 aliphatic rings. The summed E-state index contributed by atoms with van der Waals surface area (Å²) < 4.78 is 0. The first-order valence-electron chi connectivity index (χ1n) is 6.88. The van der Waals surface area contributed by atoms with Crippen molar-refractivity contribution in [3.63, 3.8) is 0 Å². The zero-order valence-corrected chi connectivity index (χ0v) is 12.6. The third-order valence-corrected chi connectivity index (χ3v) is 4.39. The van der Waals surface area contributed by atoms with E-state index in [4.69, 9.17) is 5.73 Å². The van der Waals surface area contributed by atoms with Gasteiger partial charge in [-0.3, -0.25) is 4.79 Å². The topological polar surface area (TPSA) is 55.1 Å². The zero-order valence-electron chi connectivity index (χ0n) is 11.7. The number of aryl methyl sites for hydroxylation is 1. The second-order valence-electron chi connectivity index (χ2n) is 4.98. The number of rotatable bonds is 2. The fourth-order valence-corrected chi connectivity index (χ4v) is 3.33. The molecule has 1 amide bonds. The van der Waals surface area contributed by atoms with Gasteiger partial charge in [-0.1, -0.05) is 11.8 Å². The lowest BCUT2D eigenvalue weighted by Crippen LogP contribution is -2.38. The first-order valence-corrected chi connectivity index (χ1v) is 8.04. The van der Waals surface area contributed by atoms with Crippen LogP contribution in [0.3, 0.4) is 0 Å². The summed E-state index contributed by atoms with van der Waals surface area (Å²) >= 11 is 1.91. The van der Waals surface area contributed by atoms with Crippen molar-refractivity contribution in [1.29, 1.82) is 0 Å². The molecule has 106 valence electrons. The van der Waals surface area contributed by atoms with E-state index in [-0.39, 0.29) is 5.91 Å². The molecular formula is C16H20N2OS. The van der Waals surface area contributed by atoms with Crippen molar-refractivity contribution in [2.24, 2.45) is 5.73 Å². The molecule has 1 aliphatic heterocycles. The summed E-state index contributed by atoms with van der Waals surface area (Å²) in [6.45, 7) is 2.30. The standard InChI is InChI=1S/C16H20N2OS/c1-12-8-13(4-2-6-17)10-14(9-12)16(19)18-15-5-3-7-20-11-15/h8-10,15H,3,5-7,11,17H2,1H3,(H,18,19). The van der Waals surface area contributed by atoms with E-state index in [1.54, 1.807) is 0 Å². The molecule has 20 heavy (non-hydrogen) atoms. The molecule has 1 fully saturated rings. The number of thioether (sulfide) groups is 1. The maximum absolute atomic E-state index is 12.3. The summed E-state index contributed by atoms with van der Waals surface area (Å²) in [5.41, 5.74) is 7.95. The van der Waals surface area contributed by atoms with Crippen LogP contribution in [-0.2, 0) is 0 Å². The number of amides is 1. The Morgan fingerprint density at radius 1 is 1.50 bits per heavy atom. The molecule has 0 bridgehead atoms. The third kappa shape index (κ3) is 4.29. The maximum atomic E-state index is 12.3. The van der Waals surface area contributed by atoms with Gasteiger partial charge in [0.15, 0.2) is 0 Å². The Morgan fingerprint density at radius 3 is 3.05 bits per heavy atom. The van der Waals surface area contributed by atoms with Gasteiger partial charge in [0.2, 0.25) is 0 Å². The van der Waals surface area contributed by atoms with Crippen LogP contribution >= 0.6 is 11.8 Å². The van der Waals surface area contributed by atoms with Gasteiger partial charge in [-0.2, -0.15) is 11.8 Å². The Kier molecular flexibility index (Phi) is 5.51. The van der Waals surface area contributed by atoms with Gasteiger partial charge >= 0.3 is 0 Å². The number of hydrogen-bond donors (Lipinski definition) is 2. The lowest BCUT2D eigenvalue weighted by Gasteiger charge is -2.22. The smallest absolute Gasteiger partial charge is 0.251 e. The minimum Gasteiger partial charge on any atom is -0.348 e. The largest absolute Gasteiger partial charge is 0.348 e. The predicted molar refractivity (Wildman–Crippen MR) is 84.9 cm³/mol. The van der Waals surface area contributed by atoms with Crippen LogP contribution < -0.4 is 11.1 Å². The predicted octanol–water partition coefficient (Wildman–Crippen LogP) is 1.93. The highest BCUT2D eigenvalue weighted by Gasteiger charge is 2.17. The summed E-state index contributed by atoms with van der Waals surface area (Å²) in [6.07, 6.45) is 2.25. The van der Waals surface area contributed by atoms with Crippen LogP contribution in [0.4, 0.5) is 0 Å². The van der Waals surface area contributed by atoms with Crippen LogP contribution in [0.15, 0.2) is 18.2 Å². The molecule has 0 saturated carbocycles. The Bertz CT molecular complexity index is 539. The van der Waals surface area contributed by atoms with Crippen molar-refractivity contribution in [1.82, 2.24) is 5.32 Å². The highest BCUT2D eigenvalue weighted by molar-refractivity contribution is 7.99. The molecule has 3 nitrogen and oxygen atoms in total. The van der Waals surface area contributed by atoms with Crippen molar-refractivity contribution in [2.75, 3.05) is 18.1 Å². The number of carbonyl (C=O) groups is 1. The first kappa shape index (κ1) is 15.0. The van der Waals surface area contributed by atoms with E-state index in [1.165, 1.54) is 12.2 Å². The molecule has 1 saturated heterocycles. The van der Waals surface area contributed by atoms with E-state index in [2.05, 4.69) is 17.2 Å². The average Bonchev–Trinajstić information content (AvgIpc) is 2.45. The molecule has 0 radical (unpaired) electrons. The number of carbonyl (C=O) groups excluding carboxylic acids is 1. The summed E-state index contributed by atoms with van der Waals surface area (Å²) in [6, 6.07) is 6.00. The number of nitrogens with one attached hydrogen (secondary N) is 1. The fraction of sp³-hybridized carbons (Fsp3) is 0.438. The van der Waals surface area contributed by atoms with Crippen molar-refractivity contribution < 1.29 is 4.79 Å². The molecule has 0 spiro atoms. The quantitative estimate of drug-likeness (QED) is 0.818. The van der Waals surface area contributed by atoms with E-state index in [1.807, 2.05) is 36.9 Å². The van der Waals surface area contributed by atoms with Crippen molar-refractivity contribution in [2.45, 2.75) is 25.8 Å². The SMILES string of the molecule is Cc1cc(C#CCN)cc(C(=O)NC2CCCSC2)c1. The van der Waals surface area contributed by atoms with Crippen LogP contribution in [0.5, 0.6) is 0 Å². The molecular weight excluding hydrogens is 268 g/mol. The minimum atomic E-state index is -0.00278. The van der Waals surface area contributed by atoms with Crippen LogP contribution in [0.25, 0.3) is 0 Å². The third-order valence-electron chi connectivity index (χ3n) is 3.17. The van der Waals surface area contributed by atoms with E-state index < -0.39 is 0 Å². The molecule has 4 heteroatoms. The van der Waals surface area contributed by atoms with Crippen molar-refractivity contribution in [3.05, 3.63) is 34.9 Å². The van der Waals surface area contributed by atoms with Crippen LogP contribution in [0, 0.1) is 18.8 Å². The van der Waals surface area contributed by atoms with Gasteiger partial charge in [-0.15, -0.1) is 0 Å². The Hall–Kier alpha value is -1.44. The van der Waals surface area contributed by atoms with Crippen LogP contribution in [0.2, 0.25) is 0 Å². The Balaban J connectivity index is 2.10. The fourth-order valence-electron chi connectivity index (χ4n) is 2.26. The molecule has 1 aromatic carbocycles. The molecule has 1 unspecified atom stereocenters. The van der Waals surface area contributed by atoms with Gasteiger partial charge in [0.1, 0.15) is 0 Å². The minimum absolute atomic E-state index is 0.00278. The average molecular weight is 288 g/mol. The van der Waals surface area contributed by atoms with Gasteiger partial charge < -0.3 is 11.1 Å². The molecule has 2 rings (SSSR count). The summed E-state index contributed by atoms with van der Waals surface area (Å²) in [7, 11) is 0. The number of benzene rings is 1. The van der Waals surface area contributed by atoms with Gasteiger partial charge in [-0.25, -0.2) is 0 Å². The number of nitrogens with two attached hydrogens (primary N) is 1. The Labute approximate surface area is 124 Å². The normalized spacial score (nSPS) is 18.0. The number of hydrogen-bond acceptors (Lipinski definition) is 3. The summed E-state index contributed by atoms with van der Waals surface area (Å²) in [4.78, 5) is 12.3. The van der Waals surface area contributed by atoms with Gasteiger partial charge in [0.05, 0.1) is 6.54 Å². The zero-order chi connectivity index (χ0) is 14.4. The second kappa shape index (κ2) is 7.37.